The van der Waals surface area contributed by atoms with Crippen LogP contribution in [0, 0.1) is 0 Å². The Bertz CT molecular complexity index is 1720. The van der Waals surface area contributed by atoms with Crippen molar-refractivity contribution in [2.75, 3.05) is 13.2 Å². The zero-order valence-corrected chi connectivity index (χ0v) is 52.8. The smallest absolute Gasteiger partial charge is 0.306 e. The molecule has 0 aliphatic rings. The molecule has 0 aliphatic heterocycles. The molecule has 6 nitrogen and oxygen atoms in total. The highest BCUT2D eigenvalue weighted by atomic mass is 16.6. The van der Waals surface area contributed by atoms with Crippen molar-refractivity contribution >= 4 is 17.9 Å². The molecule has 1 unspecified atom stereocenters. The lowest BCUT2D eigenvalue weighted by molar-refractivity contribution is -0.167. The van der Waals surface area contributed by atoms with E-state index in [1.807, 2.05) is 0 Å². The molecule has 0 spiro atoms. The fourth-order valence-corrected chi connectivity index (χ4v) is 9.13. The molecule has 0 bridgehead atoms. The molecule has 0 rings (SSSR count). The first-order chi connectivity index (χ1) is 40.0. The first kappa shape index (κ1) is 76.5. The third-order valence-corrected chi connectivity index (χ3v) is 14.1. The van der Waals surface area contributed by atoms with E-state index in [0.29, 0.717) is 12.8 Å². The highest BCUT2D eigenvalue weighted by Gasteiger charge is 2.19. The number of hydrogen-bond acceptors (Lipinski definition) is 6. The van der Waals surface area contributed by atoms with E-state index in [2.05, 4.69) is 154 Å². The number of carbonyl (C=O) groups excluding carboxylic acids is 3. The van der Waals surface area contributed by atoms with Crippen molar-refractivity contribution in [3.8, 4) is 0 Å². The molecule has 0 heterocycles. The minimum atomic E-state index is -0.802. The summed E-state index contributed by atoms with van der Waals surface area (Å²) >= 11 is 0. The number of ether oxygens (including phenoxy) is 3. The predicted octanol–water partition coefficient (Wildman–Crippen LogP) is 23.3. The van der Waals surface area contributed by atoms with E-state index in [4.69, 9.17) is 14.2 Å². The van der Waals surface area contributed by atoms with Crippen LogP contribution in [0.15, 0.2) is 134 Å². The summed E-state index contributed by atoms with van der Waals surface area (Å²) in [7, 11) is 0. The van der Waals surface area contributed by atoms with Gasteiger partial charge in [-0.25, -0.2) is 0 Å². The van der Waals surface area contributed by atoms with E-state index >= 15 is 0 Å². The first-order valence-corrected chi connectivity index (χ1v) is 33.7. The third kappa shape index (κ3) is 66.2. The van der Waals surface area contributed by atoms with E-state index in [9.17, 15) is 14.4 Å². The van der Waals surface area contributed by atoms with Crippen molar-refractivity contribution in [2.24, 2.45) is 0 Å². The topological polar surface area (TPSA) is 78.9 Å². The fraction of sp³-hybridized carbons (Fsp3) is 0.667. The summed E-state index contributed by atoms with van der Waals surface area (Å²) in [5.74, 6) is -0.932. The van der Waals surface area contributed by atoms with Crippen molar-refractivity contribution in [3.05, 3.63) is 134 Å². The monoisotopic (exact) mass is 1120 g/mol. The normalized spacial score (nSPS) is 13.0. The molecule has 1 atom stereocenters. The van der Waals surface area contributed by atoms with Crippen molar-refractivity contribution in [3.63, 3.8) is 0 Å². The molecule has 0 saturated heterocycles. The Hall–Kier alpha value is -4.45. The molecule has 0 amide bonds. The maximum absolute atomic E-state index is 12.9. The molecule has 0 aromatic heterocycles. The lowest BCUT2D eigenvalue weighted by atomic mass is 10.0. The average Bonchev–Trinajstić information content (AvgIpc) is 3.47. The van der Waals surface area contributed by atoms with Gasteiger partial charge in [-0.2, -0.15) is 0 Å². The lowest BCUT2D eigenvalue weighted by Gasteiger charge is -2.18. The second kappa shape index (κ2) is 68.1. The number of carbonyl (C=O) groups is 3. The Morgan fingerprint density at radius 3 is 0.778 bits per heavy atom. The van der Waals surface area contributed by atoms with Gasteiger partial charge in [0.05, 0.1) is 0 Å². The molecule has 0 N–H and O–H groups in total. The van der Waals surface area contributed by atoms with Crippen molar-refractivity contribution in [1.29, 1.82) is 0 Å². The molecule has 0 saturated carbocycles. The van der Waals surface area contributed by atoms with E-state index in [-0.39, 0.29) is 37.5 Å². The Balaban J connectivity index is 4.21. The van der Waals surface area contributed by atoms with E-state index in [0.717, 1.165) is 141 Å². The van der Waals surface area contributed by atoms with Crippen LogP contribution in [0.1, 0.15) is 303 Å². The second-order valence-electron chi connectivity index (χ2n) is 22.0. The highest BCUT2D eigenvalue weighted by Crippen LogP contribution is 2.16. The SMILES string of the molecule is CC/C=C\C/C=C\C/C=C\C/C=C\C/C=C\CCCCCCCCCCCCCCCCCCCC(=O)OCC(COC(=O)CCCCCCC/C=C\CCCC)OC(=O)CCCCC/C=C\C/C=C\C/C=C\C/C=C\C/C=C\CC. The Morgan fingerprint density at radius 2 is 0.481 bits per heavy atom. The van der Waals surface area contributed by atoms with Crippen LogP contribution in [-0.4, -0.2) is 37.2 Å². The number of allylic oxidation sites excluding steroid dienone is 22. The number of unbranched alkanes of at least 4 members (excludes halogenated alkanes) is 27. The van der Waals surface area contributed by atoms with Crippen LogP contribution < -0.4 is 0 Å². The largest absolute Gasteiger partial charge is 0.462 e. The number of rotatable bonds is 60. The highest BCUT2D eigenvalue weighted by molar-refractivity contribution is 5.71. The minimum Gasteiger partial charge on any atom is -0.462 e. The molecule has 0 radical (unpaired) electrons. The van der Waals surface area contributed by atoms with Crippen LogP contribution in [-0.2, 0) is 28.6 Å². The molecule has 0 aromatic rings. The van der Waals surface area contributed by atoms with Gasteiger partial charge in [0.25, 0.3) is 0 Å². The Kier molecular flexibility index (Phi) is 64.3. The van der Waals surface area contributed by atoms with Gasteiger partial charge in [-0.05, 0) is 128 Å². The maximum Gasteiger partial charge on any atom is 0.306 e. The summed E-state index contributed by atoms with van der Waals surface area (Å²) in [5.41, 5.74) is 0. The van der Waals surface area contributed by atoms with Crippen molar-refractivity contribution in [1.82, 2.24) is 0 Å². The van der Waals surface area contributed by atoms with Crippen LogP contribution >= 0.6 is 0 Å². The standard InChI is InChI=1S/C75H124O6/c1-4-7-10-13-16-19-22-24-26-28-30-31-32-33-34-35-36-37-38-39-40-41-42-43-45-46-48-50-53-56-59-62-65-68-74(77)80-71-72(70-79-73(76)67-64-61-58-55-52-21-18-15-12-9-6-3)81-75(78)69-66-63-60-57-54-51-49-47-44-29-27-25-23-20-17-14-11-8-5-2/h7-8,10-11,15-20,24-27,30-31,33-34,44,47,51,54,72H,4-6,9,12-14,21-23,28-29,32,35-43,45-46,48-50,52-53,55-71H2,1-3H3/b10-7-,11-8-,18-15-,19-16-,20-17-,26-24-,27-25-,31-30-,34-33-,47-44-,54-51-. The van der Waals surface area contributed by atoms with Gasteiger partial charge in [0.1, 0.15) is 13.2 Å². The van der Waals surface area contributed by atoms with Crippen LogP contribution in [0.5, 0.6) is 0 Å². The van der Waals surface area contributed by atoms with Gasteiger partial charge < -0.3 is 14.2 Å². The summed E-state index contributed by atoms with van der Waals surface area (Å²) in [6, 6.07) is 0. The summed E-state index contributed by atoms with van der Waals surface area (Å²) in [6.45, 7) is 6.35. The van der Waals surface area contributed by atoms with Gasteiger partial charge in [-0.15, -0.1) is 0 Å². The summed E-state index contributed by atoms with van der Waals surface area (Å²) in [6.07, 6.45) is 96.3. The van der Waals surface area contributed by atoms with E-state index < -0.39 is 6.10 Å². The van der Waals surface area contributed by atoms with Gasteiger partial charge in [0, 0.05) is 19.3 Å². The summed E-state index contributed by atoms with van der Waals surface area (Å²) < 4.78 is 16.9. The van der Waals surface area contributed by atoms with Crippen molar-refractivity contribution < 1.29 is 28.6 Å². The van der Waals surface area contributed by atoms with E-state index in [1.54, 1.807) is 0 Å². The molecule has 0 aliphatic carbocycles. The van der Waals surface area contributed by atoms with Crippen LogP contribution in [0.25, 0.3) is 0 Å². The lowest BCUT2D eigenvalue weighted by Crippen LogP contribution is -2.30. The van der Waals surface area contributed by atoms with Gasteiger partial charge >= 0.3 is 17.9 Å². The molecule has 0 fully saturated rings. The molecule has 81 heavy (non-hydrogen) atoms. The maximum atomic E-state index is 12.9. The van der Waals surface area contributed by atoms with Gasteiger partial charge in [0.2, 0.25) is 0 Å². The Labute approximate surface area is 500 Å². The molecule has 6 heteroatoms. The van der Waals surface area contributed by atoms with E-state index in [1.165, 1.54) is 122 Å². The number of esters is 3. The first-order valence-electron chi connectivity index (χ1n) is 33.7. The summed E-state index contributed by atoms with van der Waals surface area (Å²) in [4.78, 5) is 38.3. The minimum absolute atomic E-state index is 0.0950. The quantitative estimate of drug-likeness (QED) is 0.0261. The predicted molar refractivity (Wildman–Crippen MR) is 353 cm³/mol. The number of hydrogen-bond donors (Lipinski definition) is 0. The van der Waals surface area contributed by atoms with Gasteiger partial charge in [-0.1, -0.05) is 289 Å². The molecule has 0 aromatic carbocycles. The average molecular weight is 1120 g/mol. The van der Waals surface area contributed by atoms with Crippen LogP contribution in [0.4, 0.5) is 0 Å². The molecular formula is C75H124O6. The molecular weight excluding hydrogens is 997 g/mol. The van der Waals surface area contributed by atoms with Crippen LogP contribution in [0.3, 0.4) is 0 Å². The van der Waals surface area contributed by atoms with Gasteiger partial charge in [0.15, 0.2) is 6.10 Å². The second-order valence-corrected chi connectivity index (χ2v) is 22.0. The fourth-order valence-electron chi connectivity index (χ4n) is 9.13. The molecule has 460 valence electrons. The van der Waals surface area contributed by atoms with Crippen molar-refractivity contribution in [2.45, 2.75) is 309 Å². The Morgan fingerprint density at radius 1 is 0.259 bits per heavy atom. The zero-order chi connectivity index (χ0) is 58.5. The third-order valence-electron chi connectivity index (χ3n) is 14.1. The van der Waals surface area contributed by atoms with Crippen LogP contribution in [0.2, 0.25) is 0 Å². The van der Waals surface area contributed by atoms with Gasteiger partial charge in [-0.3, -0.25) is 14.4 Å². The summed E-state index contributed by atoms with van der Waals surface area (Å²) in [5, 5.41) is 0. The zero-order valence-electron chi connectivity index (χ0n) is 52.8.